The molecule has 1 aliphatic heterocycles. The van der Waals surface area contributed by atoms with Gasteiger partial charge in [0.05, 0.1) is 18.8 Å². The number of aliphatic hydroxyl groups is 1. The summed E-state index contributed by atoms with van der Waals surface area (Å²) in [6, 6.07) is 3.89. The molecule has 0 radical (unpaired) electrons. The van der Waals surface area contributed by atoms with Crippen molar-refractivity contribution in [1.29, 1.82) is 0 Å². The van der Waals surface area contributed by atoms with E-state index in [1.165, 1.54) is 0 Å². The van der Waals surface area contributed by atoms with E-state index in [2.05, 4.69) is 27.1 Å². The molecule has 0 atom stereocenters. The molecule has 1 aromatic heterocycles. The van der Waals surface area contributed by atoms with E-state index in [1.54, 1.807) is 13.8 Å². The maximum Gasteiger partial charge on any atom is 0.150 e. The Labute approximate surface area is 122 Å². The van der Waals surface area contributed by atoms with Gasteiger partial charge in [-0.15, -0.1) is 0 Å². The Morgan fingerprint density at radius 2 is 2.00 bits per heavy atom. The molecule has 2 heterocycles. The van der Waals surface area contributed by atoms with Gasteiger partial charge in [0, 0.05) is 18.8 Å². The van der Waals surface area contributed by atoms with Crippen LogP contribution in [0, 0.1) is 11.8 Å². The molecule has 0 spiro atoms. The van der Waals surface area contributed by atoms with Crippen LogP contribution < -0.4 is 4.90 Å². The molecular formula is C15H17N3O3. The number of ether oxygens (including phenoxy) is 1. The lowest BCUT2D eigenvalue weighted by molar-refractivity contribution is 0.122. The highest BCUT2D eigenvalue weighted by molar-refractivity contribution is 5.84. The predicted molar refractivity (Wildman–Crippen MR) is 78.0 cm³/mol. The molecule has 1 N–H and O–H groups in total. The third-order valence-corrected chi connectivity index (χ3v) is 3.23. The number of anilines is 1. The van der Waals surface area contributed by atoms with Crippen molar-refractivity contribution in [2.45, 2.75) is 19.4 Å². The lowest BCUT2D eigenvalue weighted by Gasteiger charge is -2.28. The van der Waals surface area contributed by atoms with Gasteiger partial charge < -0.3 is 14.7 Å². The zero-order valence-corrected chi connectivity index (χ0v) is 12.1. The average Bonchev–Trinajstić information content (AvgIpc) is 2.93. The summed E-state index contributed by atoms with van der Waals surface area (Å²) in [5, 5.41) is 17.6. The van der Waals surface area contributed by atoms with Crippen LogP contribution in [0.3, 0.4) is 0 Å². The van der Waals surface area contributed by atoms with E-state index in [1.807, 2.05) is 12.1 Å². The molecule has 0 bridgehead atoms. The predicted octanol–water partition coefficient (Wildman–Crippen LogP) is 1.18. The maximum atomic E-state index is 9.76. The van der Waals surface area contributed by atoms with E-state index < -0.39 is 5.60 Å². The van der Waals surface area contributed by atoms with Crippen LogP contribution in [0.2, 0.25) is 0 Å². The summed E-state index contributed by atoms with van der Waals surface area (Å²) in [5.41, 5.74) is 1.94. The molecule has 1 aromatic carbocycles. The molecule has 1 aliphatic rings. The number of morpholine rings is 1. The van der Waals surface area contributed by atoms with Gasteiger partial charge in [-0.25, -0.2) is 4.63 Å². The number of aromatic nitrogens is 2. The summed E-state index contributed by atoms with van der Waals surface area (Å²) < 4.78 is 10.2. The van der Waals surface area contributed by atoms with Crippen molar-refractivity contribution < 1.29 is 14.5 Å². The molecule has 2 aromatic rings. The van der Waals surface area contributed by atoms with Crippen molar-refractivity contribution in [1.82, 2.24) is 10.3 Å². The van der Waals surface area contributed by atoms with Crippen LogP contribution in [0.5, 0.6) is 0 Å². The molecule has 21 heavy (non-hydrogen) atoms. The Morgan fingerprint density at radius 3 is 2.71 bits per heavy atom. The highest BCUT2D eigenvalue weighted by Crippen LogP contribution is 2.24. The maximum absolute atomic E-state index is 9.76. The van der Waals surface area contributed by atoms with Crippen LogP contribution in [-0.2, 0) is 4.74 Å². The Hall–Kier alpha value is -2.10. The monoisotopic (exact) mass is 287 g/mol. The number of hydrogen-bond acceptors (Lipinski definition) is 6. The zero-order chi connectivity index (χ0) is 14.9. The minimum Gasteiger partial charge on any atom is -0.378 e. The van der Waals surface area contributed by atoms with Crippen LogP contribution >= 0.6 is 0 Å². The van der Waals surface area contributed by atoms with Gasteiger partial charge in [-0.1, -0.05) is 11.8 Å². The highest BCUT2D eigenvalue weighted by Gasteiger charge is 2.16. The molecule has 1 fully saturated rings. The van der Waals surface area contributed by atoms with Crippen molar-refractivity contribution in [2.24, 2.45) is 0 Å². The van der Waals surface area contributed by atoms with Gasteiger partial charge in [-0.3, -0.25) is 0 Å². The second kappa shape index (κ2) is 5.35. The number of benzene rings is 1. The minimum atomic E-state index is -1.06. The van der Waals surface area contributed by atoms with Gasteiger partial charge in [-0.05, 0) is 36.3 Å². The van der Waals surface area contributed by atoms with E-state index in [0.717, 1.165) is 18.8 Å². The second-order valence-corrected chi connectivity index (χ2v) is 5.53. The van der Waals surface area contributed by atoms with E-state index in [9.17, 15) is 5.11 Å². The molecule has 110 valence electrons. The highest BCUT2D eigenvalue weighted by atomic mass is 16.6. The standard InChI is InChI=1S/C15H17N3O3/c1-15(2,19)4-3-11-9-12(18-5-7-20-8-6-18)10-13-14(11)17-21-16-13/h9-10,19H,5-8H2,1-2H3. The lowest BCUT2D eigenvalue weighted by Crippen LogP contribution is -2.36. The van der Waals surface area contributed by atoms with Crippen molar-refractivity contribution in [3.05, 3.63) is 17.7 Å². The summed E-state index contributed by atoms with van der Waals surface area (Å²) >= 11 is 0. The normalized spacial score (nSPS) is 15.9. The first-order valence-electron chi connectivity index (χ1n) is 6.87. The summed E-state index contributed by atoms with van der Waals surface area (Å²) in [4.78, 5) is 2.22. The fourth-order valence-electron chi connectivity index (χ4n) is 2.19. The largest absolute Gasteiger partial charge is 0.378 e. The topological polar surface area (TPSA) is 71.6 Å². The molecule has 6 heteroatoms. The van der Waals surface area contributed by atoms with Gasteiger partial charge in [0.25, 0.3) is 0 Å². The lowest BCUT2D eigenvalue weighted by atomic mass is 10.1. The van der Waals surface area contributed by atoms with Gasteiger partial charge in [0.2, 0.25) is 0 Å². The Balaban J connectivity index is 2.04. The van der Waals surface area contributed by atoms with Gasteiger partial charge >= 0.3 is 0 Å². The molecular weight excluding hydrogens is 270 g/mol. The van der Waals surface area contributed by atoms with E-state index >= 15 is 0 Å². The number of nitrogens with zero attached hydrogens (tertiary/aromatic N) is 3. The van der Waals surface area contributed by atoms with Gasteiger partial charge in [0.1, 0.15) is 11.1 Å². The van der Waals surface area contributed by atoms with Crippen molar-refractivity contribution in [3.8, 4) is 11.8 Å². The molecule has 3 rings (SSSR count). The molecule has 0 unspecified atom stereocenters. The van der Waals surface area contributed by atoms with E-state index in [-0.39, 0.29) is 0 Å². The van der Waals surface area contributed by atoms with Crippen LogP contribution in [0.25, 0.3) is 11.0 Å². The molecule has 0 saturated carbocycles. The Morgan fingerprint density at radius 1 is 1.24 bits per heavy atom. The number of hydrogen-bond donors (Lipinski definition) is 1. The Bertz CT molecular complexity index is 700. The summed E-state index contributed by atoms with van der Waals surface area (Å²) in [6.45, 7) is 6.36. The van der Waals surface area contributed by atoms with Crippen LogP contribution in [-0.4, -0.2) is 47.3 Å². The van der Waals surface area contributed by atoms with Crippen molar-refractivity contribution in [3.63, 3.8) is 0 Å². The first kappa shape index (κ1) is 13.9. The molecule has 0 aliphatic carbocycles. The minimum absolute atomic E-state index is 0.615. The third kappa shape index (κ3) is 3.15. The third-order valence-electron chi connectivity index (χ3n) is 3.23. The van der Waals surface area contributed by atoms with E-state index in [4.69, 9.17) is 9.37 Å². The van der Waals surface area contributed by atoms with E-state index in [0.29, 0.717) is 29.8 Å². The zero-order valence-electron chi connectivity index (χ0n) is 12.1. The fourth-order valence-corrected chi connectivity index (χ4v) is 2.19. The van der Waals surface area contributed by atoms with Gasteiger partial charge in [0.15, 0.2) is 5.52 Å². The summed E-state index contributed by atoms with van der Waals surface area (Å²) in [6.07, 6.45) is 0. The summed E-state index contributed by atoms with van der Waals surface area (Å²) in [5.74, 6) is 5.78. The van der Waals surface area contributed by atoms with Crippen LogP contribution in [0.1, 0.15) is 19.4 Å². The van der Waals surface area contributed by atoms with Gasteiger partial charge in [-0.2, -0.15) is 0 Å². The molecule has 1 saturated heterocycles. The Kier molecular flexibility index (Phi) is 3.53. The van der Waals surface area contributed by atoms with Crippen molar-refractivity contribution >= 4 is 16.7 Å². The van der Waals surface area contributed by atoms with Crippen LogP contribution in [0.4, 0.5) is 5.69 Å². The van der Waals surface area contributed by atoms with Crippen molar-refractivity contribution in [2.75, 3.05) is 31.2 Å². The number of fused-ring (bicyclic) bond motifs is 1. The average molecular weight is 287 g/mol. The smallest absolute Gasteiger partial charge is 0.150 e. The fraction of sp³-hybridized carbons (Fsp3) is 0.467. The second-order valence-electron chi connectivity index (χ2n) is 5.53. The SMILES string of the molecule is CC(C)(O)C#Cc1cc(N2CCOCC2)cc2nonc12. The number of rotatable bonds is 1. The summed E-state index contributed by atoms with van der Waals surface area (Å²) in [7, 11) is 0. The molecule has 6 nitrogen and oxygen atoms in total. The first-order valence-corrected chi connectivity index (χ1v) is 6.87. The van der Waals surface area contributed by atoms with Crippen LogP contribution in [0.15, 0.2) is 16.8 Å². The quantitative estimate of drug-likeness (QED) is 0.794. The first-order chi connectivity index (χ1) is 10.0. The molecule has 0 amide bonds.